The molecule has 1 aromatic heterocycles. The second-order valence-corrected chi connectivity index (χ2v) is 9.93. The summed E-state index contributed by atoms with van der Waals surface area (Å²) in [5.74, 6) is -0.251. The second kappa shape index (κ2) is 9.44. The van der Waals surface area contributed by atoms with Crippen molar-refractivity contribution < 1.29 is 9.59 Å². The fourth-order valence-electron chi connectivity index (χ4n) is 4.51. The van der Waals surface area contributed by atoms with Gasteiger partial charge < -0.3 is 20.9 Å². The molecule has 1 saturated heterocycles. The number of nitrogens with two attached hydrogens (primary N) is 1. The summed E-state index contributed by atoms with van der Waals surface area (Å²) in [5.41, 5.74) is 9.60. The first-order valence-corrected chi connectivity index (χ1v) is 12.3. The Bertz CT molecular complexity index is 1210. The van der Waals surface area contributed by atoms with Gasteiger partial charge in [0.1, 0.15) is 6.04 Å². The number of nitrogens with one attached hydrogen (secondary N) is 2. The molecule has 0 bridgehead atoms. The van der Waals surface area contributed by atoms with Gasteiger partial charge in [-0.15, -0.1) is 11.3 Å². The van der Waals surface area contributed by atoms with E-state index in [4.69, 9.17) is 5.73 Å². The van der Waals surface area contributed by atoms with Gasteiger partial charge in [0, 0.05) is 53.6 Å². The van der Waals surface area contributed by atoms with E-state index in [9.17, 15) is 9.59 Å². The number of nitrogens with zero attached hydrogens (tertiary/aromatic N) is 3. The summed E-state index contributed by atoms with van der Waals surface area (Å²) in [6.45, 7) is 2.61. The molecule has 0 radical (unpaired) electrons. The van der Waals surface area contributed by atoms with E-state index in [1.54, 1.807) is 41.7 Å². The van der Waals surface area contributed by atoms with Gasteiger partial charge in [-0.2, -0.15) is 0 Å². The van der Waals surface area contributed by atoms with Gasteiger partial charge in [-0.05, 0) is 62.4 Å². The highest BCUT2D eigenvalue weighted by atomic mass is 32.1. The molecule has 0 unspecified atom stereocenters. The van der Waals surface area contributed by atoms with Crippen molar-refractivity contribution in [2.24, 2.45) is 0 Å². The molecular weight excluding hydrogens is 448 g/mol. The number of benzene rings is 2. The van der Waals surface area contributed by atoms with E-state index in [0.29, 0.717) is 16.4 Å². The van der Waals surface area contributed by atoms with Crippen molar-refractivity contribution in [1.82, 2.24) is 9.88 Å². The number of anilines is 4. The number of rotatable bonds is 5. The van der Waals surface area contributed by atoms with E-state index in [0.717, 1.165) is 56.0 Å². The number of thiazole rings is 1. The fraction of sp³-hybridized carbons (Fsp3) is 0.320. The molecule has 34 heavy (non-hydrogen) atoms. The zero-order chi connectivity index (χ0) is 23.7. The van der Waals surface area contributed by atoms with Crippen LogP contribution in [0.25, 0.3) is 0 Å². The van der Waals surface area contributed by atoms with Crippen LogP contribution in [-0.4, -0.2) is 47.9 Å². The number of likely N-dealkylation sites (N-methyl/N-ethyl adjacent to an activating group) is 1. The lowest BCUT2D eigenvalue weighted by molar-refractivity contribution is -0.117. The minimum atomic E-state index is -0.293. The molecule has 1 atom stereocenters. The van der Waals surface area contributed by atoms with E-state index in [-0.39, 0.29) is 17.9 Å². The second-order valence-electron chi connectivity index (χ2n) is 8.84. The van der Waals surface area contributed by atoms with Gasteiger partial charge in [0.25, 0.3) is 5.91 Å². The molecule has 2 aliphatic rings. The number of fused-ring (bicyclic) bond motifs is 1. The monoisotopic (exact) mass is 476 g/mol. The van der Waals surface area contributed by atoms with Gasteiger partial charge in [0.15, 0.2) is 5.13 Å². The van der Waals surface area contributed by atoms with E-state index >= 15 is 0 Å². The predicted octanol–water partition coefficient (Wildman–Crippen LogP) is 3.57. The third kappa shape index (κ3) is 4.76. The average Bonchev–Trinajstić information content (AvgIpc) is 3.47. The number of carbonyl (C=O) groups is 2. The molecule has 9 heteroatoms. The van der Waals surface area contributed by atoms with Gasteiger partial charge in [-0.1, -0.05) is 6.07 Å². The van der Waals surface area contributed by atoms with Crippen molar-refractivity contribution in [2.75, 3.05) is 41.4 Å². The third-order valence-electron chi connectivity index (χ3n) is 6.32. The number of nitrogen functional groups attached to an aromatic ring is 1. The van der Waals surface area contributed by atoms with Crippen molar-refractivity contribution in [1.29, 1.82) is 0 Å². The molecule has 0 aliphatic carbocycles. The highest BCUT2D eigenvalue weighted by Crippen LogP contribution is 2.30. The first kappa shape index (κ1) is 22.4. The summed E-state index contributed by atoms with van der Waals surface area (Å²) >= 11 is 1.54. The largest absolute Gasteiger partial charge is 0.399 e. The first-order chi connectivity index (χ1) is 16.5. The Morgan fingerprint density at radius 3 is 2.76 bits per heavy atom. The maximum absolute atomic E-state index is 13.0. The highest BCUT2D eigenvalue weighted by Gasteiger charge is 2.31. The number of hydrogen-bond donors (Lipinski definition) is 3. The van der Waals surface area contributed by atoms with Crippen LogP contribution in [0, 0.1) is 0 Å². The van der Waals surface area contributed by atoms with Crippen LogP contribution in [-0.2, 0) is 17.8 Å². The van der Waals surface area contributed by atoms with Gasteiger partial charge >= 0.3 is 0 Å². The number of aromatic nitrogens is 1. The van der Waals surface area contributed by atoms with Gasteiger partial charge in [0.05, 0.1) is 5.69 Å². The molecule has 2 aliphatic heterocycles. The molecule has 0 spiro atoms. The van der Waals surface area contributed by atoms with Gasteiger partial charge in [0.2, 0.25) is 5.91 Å². The molecule has 2 aromatic carbocycles. The molecule has 3 heterocycles. The lowest BCUT2D eigenvalue weighted by Gasteiger charge is -2.26. The predicted molar refractivity (Wildman–Crippen MR) is 136 cm³/mol. The van der Waals surface area contributed by atoms with Crippen molar-refractivity contribution in [3.8, 4) is 0 Å². The fourth-order valence-corrected chi connectivity index (χ4v) is 5.60. The van der Waals surface area contributed by atoms with Crippen LogP contribution in [0.1, 0.15) is 33.8 Å². The Morgan fingerprint density at radius 2 is 1.94 bits per heavy atom. The van der Waals surface area contributed by atoms with Gasteiger partial charge in [-0.3, -0.25) is 14.9 Å². The zero-order valence-electron chi connectivity index (χ0n) is 19.1. The Morgan fingerprint density at radius 1 is 1.12 bits per heavy atom. The van der Waals surface area contributed by atoms with Gasteiger partial charge in [-0.25, -0.2) is 4.98 Å². The Hall–Kier alpha value is -3.43. The molecule has 8 nitrogen and oxygen atoms in total. The SMILES string of the molecule is CN1CCc2nc(NC(=O)c3cccc(N4CCC[C@H]4C(=O)Nc4ccc(N)cc4)c3)sc2C1. The van der Waals surface area contributed by atoms with Crippen LogP contribution in [0.2, 0.25) is 0 Å². The molecule has 5 rings (SSSR count). The third-order valence-corrected chi connectivity index (χ3v) is 7.31. The number of amides is 2. The van der Waals surface area contributed by atoms with Crippen molar-refractivity contribution >= 4 is 45.3 Å². The topological polar surface area (TPSA) is 104 Å². The van der Waals surface area contributed by atoms with E-state index in [1.807, 2.05) is 18.2 Å². The van der Waals surface area contributed by atoms with Crippen LogP contribution in [0.4, 0.5) is 22.2 Å². The van der Waals surface area contributed by atoms with Crippen molar-refractivity contribution in [3.63, 3.8) is 0 Å². The number of hydrogen-bond acceptors (Lipinski definition) is 7. The number of carbonyl (C=O) groups excluding carboxylic acids is 2. The highest BCUT2D eigenvalue weighted by molar-refractivity contribution is 7.15. The van der Waals surface area contributed by atoms with Crippen LogP contribution in [0.5, 0.6) is 0 Å². The lowest BCUT2D eigenvalue weighted by Crippen LogP contribution is -2.39. The Labute approximate surface area is 202 Å². The summed E-state index contributed by atoms with van der Waals surface area (Å²) in [6.07, 6.45) is 2.58. The van der Waals surface area contributed by atoms with E-state index in [2.05, 4.69) is 32.5 Å². The summed E-state index contributed by atoms with van der Waals surface area (Å²) < 4.78 is 0. The lowest BCUT2D eigenvalue weighted by atomic mass is 10.1. The molecule has 176 valence electrons. The van der Waals surface area contributed by atoms with Crippen molar-refractivity contribution in [3.05, 3.63) is 64.7 Å². The average molecular weight is 477 g/mol. The molecule has 4 N–H and O–H groups in total. The molecule has 3 aromatic rings. The maximum Gasteiger partial charge on any atom is 0.257 e. The van der Waals surface area contributed by atoms with Crippen LogP contribution >= 0.6 is 11.3 Å². The molecular formula is C25H28N6O2S. The standard InChI is InChI=1S/C25H28N6O2S/c1-30-13-11-20-22(15-30)34-25(28-20)29-23(32)16-4-2-5-19(14-16)31-12-3-6-21(31)24(33)27-18-9-7-17(26)8-10-18/h2,4-5,7-10,14,21H,3,6,11-13,15,26H2,1H3,(H,27,33)(H,28,29,32)/t21-/m0/s1. The van der Waals surface area contributed by atoms with Crippen LogP contribution < -0.4 is 21.3 Å². The Kier molecular flexibility index (Phi) is 6.21. The molecule has 2 amide bonds. The first-order valence-electron chi connectivity index (χ1n) is 11.5. The maximum atomic E-state index is 13.0. The minimum absolute atomic E-state index is 0.0598. The van der Waals surface area contributed by atoms with Crippen molar-refractivity contribution in [2.45, 2.75) is 31.8 Å². The van der Waals surface area contributed by atoms with E-state index < -0.39 is 0 Å². The summed E-state index contributed by atoms with van der Waals surface area (Å²) in [7, 11) is 2.09. The molecule has 1 fully saturated rings. The normalized spacial score (nSPS) is 17.9. The smallest absolute Gasteiger partial charge is 0.257 e. The van der Waals surface area contributed by atoms with Crippen LogP contribution in [0.15, 0.2) is 48.5 Å². The minimum Gasteiger partial charge on any atom is -0.399 e. The zero-order valence-corrected chi connectivity index (χ0v) is 19.9. The Balaban J connectivity index is 1.28. The van der Waals surface area contributed by atoms with E-state index in [1.165, 1.54) is 4.88 Å². The molecule has 0 saturated carbocycles. The van der Waals surface area contributed by atoms with Crippen LogP contribution in [0.3, 0.4) is 0 Å². The summed E-state index contributed by atoms with van der Waals surface area (Å²) in [5, 5.41) is 6.58. The summed E-state index contributed by atoms with van der Waals surface area (Å²) in [6, 6.07) is 14.3. The summed E-state index contributed by atoms with van der Waals surface area (Å²) in [4.78, 5) is 36.1. The quantitative estimate of drug-likeness (QED) is 0.487.